The largest absolute Gasteiger partial charge is 0.375 e. The highest BCUT2D eigenvalue weighted by atomic mass is 15.0. The van der Waals surface area contributed by atoms with Gasteiger partial charge in [-0.15, -0.1) is 0 Å². The van der Waals surface area contributed by atoms with E-state index in [-0.39, 0.29) is 0 Å². The van der Waals surface area contributed by atoms with Gasteiger partial charge in [0.05, 0.1) is 25.8 Å². The van der Waals surface area contributed by atoms with E-state index in [0.29, 0.717) is 0 Å². The Kier molecular flexibility index (Phi) is 3.37. The molecule has 0 aliphatic carbocycles. The van der Waals surface area contributed by atoms with E-state index in [4.69, 9.17) is 0 Å². The number of nitrogens with zero attached hydrogens (tertiary/aromatic N) is 2. The lowest BCUT2D eigenvalue weighted by atomic mass is 10.6. The van der Waals surface area contributed by atoms with E-state index in [1.807, 2.05) is 0 Å². The quantitative estimate of drug-likeness (QED) is 0.464. The molecule has 0 saturated carbocycles. The van der Waals surface area contributed by atoms with E-state index in [1.54, 1.807) is 12.7 Å². The number of rotatable bonds is 0. The Bertz CT molecular complexity index is 102. The molecule has 0 aromatic rings. The molecule has 0 aromatic carbocycles. The summed E-state index contributed by atoms with van der Waals surface area (Å²) in [4.78, 5) is 8.14. The third kappa shape index (κ3) is 3.06. The molecule has 4 nitrogen and oxygen atoms in total. The van der Waals surface area contributed by atoms with Crippen molar-refractivity contribution in [3.05, 3.63) is 0 Å². The van der Waals surface area contributed by atoms with Crippen molar-refractivity contribution in [2.75, 3.05) is 26.2 Å². The van der Waals surface area contributed by atoms with Gasteiger partial charge in [0, 0.05) is 13.1 Å². The number of aliphatic imine (C=N–C) groups is 2. The van der Waals surface area contributed by atoms with Crippen LogP contribution in [0, 0.1) is 0 Å². The minimum absolute atomic E-state index is 0.805. The van der Waals surface area contributed by atoms with Crippen molar-refractivity contribution < 1.29 is 0 Å². The molecule has 0 atom stereocenters. The summed E-state index contributed by atoms with van der Waals surface area (Å²) in [6, 6.07) is 0. The molecule has 0 amide bonds. The molecule has 0 spiro atoms. The highest BCUT2D eigenvalue weighted by Gasteiger charge is 1.82. The summed E-state index contributed by atoms with van der Waals surface area (Å²) in [6.45, 7) is 3.33. The van der Waals surface area contributed by atoms with E-state index >= 15 is 0 Å². The van der Waals surface area contributed by atoms with Crippen LogP contribution in [0.5, 0.6) is 0 Å². The van der Waals surface area contributed by atoms with E-state index in [1.165, 1.54) is 0 Å². The Labute approximate surface area is 60.4 Å². The zero-order valence-corrected chi connectivity index (χ0v) is 5.88. The summed E-state index contributed by atoms with van der Waals surface area (Å²) in [5, 5.41) is 6.04. The van der Waals surface area contributed by atoms with Crippen LogP contribution in [0.2, 0.25) is 0 Å². The Morgan fingerprint density at radius 1 is 0.900 bits per heavy atom. The first-order valence-corrected chi connectivity index (χ1v) is 3.43. The van der Waals surface area contributed by atoms with Gasteiger partial charge in [-0.3, -0.25) is 9.98 Å². The second-order valence-electron chi connectivity index (χ2n) is 1.98. The SMILES string of the molecule is C1=NCCNC=NCCN1. The molecular weight excluding hydrogens is 128 g/mol. The average Bonchev–Trinajstić information content (AvgIpc) is 2.01. The highest BCUT2D eigenvalue weighted by molar-refractivity contribution is 5.56. The summed E-state index contributed by atoms with van der Waals surface area (Å²) in [7, 11) is 0. The summed E-state index contributed by atoms with van der Waals surface area (Å²) in [5.74, 6) is 0. The van der Waals surface area contributed by atoms with Crippen LogP contribution in [0.3, 0.4) is 0 Å². The third-order valence-electron chi connectivity index (χ3n) is 1.14. The standard InChI is InChI=1S/C6H12N4/c1-2-8-6-10-4-3-9-5-7-1/h5-6H,1-4H2,(H,7,9)(H,8,10). The van der Waals surface area contributed by atoms with E-state index in [2.05, 4.69) is 20.6 Å². The van der Waals surface area contributed by atoms with Crippen LogP contribution in [0.15, 0.2) is 9.98 Å². The van der Waals surface area contributed by atoms with Gasteiger partial charge in [0.25, 0.3) is 0 Å². The minimum atomic E-state index is 0.805. The van der Waals surface area contributed by atoms with Gasteiger partial charge >= 0.3 is 0 Å². The van der Waals surface area contributed by atoms with Crippen molar-refractivity contribution in [1.82, 2.24) is 10.6 Å². The highest BCUT2D eigenvalue weighted by Crippen LogP contribution is 1.69. The van der Waals surface area contributed by atoms with Crippen LogP contribution in [0.1, 0.15) is 0 Å². The fourth-order valence-corrected chi connectivity index (χ4v) is 0.645. The summed E-state index contributed by atoms with van der Waals surface area (Å²) in [5.41, 5.74) is 0. The molecule has 1 aliphatic heterocycles. The van der Waals surface area contributed by atoms with E-state index in [0.717, 1.165) is 26.2 Å². The van der Waals surface area contributed by atoms with Crippen LogP contribution in [0.25, 0.3) is 0 Å². The molecule has 0 saturated heterocycles. The van der Waals surface area contributed by atoms with Gasteiger partial charge in [0.15, 0.2) is 0 Å². The molecule has 56 valence electrons. The first-order valence-electron chi connectivity index (χ1n) is 3.43. The number of nitrogens with one attached hydrogen (secondary N) is 2. The molecule has 2 N–H and O–H groups in total. The lowest BCUT2D eigenvalue weighted by Crippen LogP contribution is -2.21. The molecule has 0 unspecified atom stereocenters. The Balaban J connectivity index is 2.22. The van der Waals surface area contributed by atoms with Crippen molar-refractivity contribution in [2.24, 2.45) is 9.98 Å². The monoisotopic (exact) mass is 140 g/mol. The van der Waals surface area contributed by atoms with Gasteiger partial charge in [-0.25, -0.2) is 0 Å². The Hall–Kier alpha value is -1.06. The molecule has 1 rings (SSSR count). The summed E-state index contributed by atoms with van der Waals surface area (Å²) in [6.07, 6.45) is 3.48. The topological polar surface area (TPSA) is 48.8 Å². The first-order chi connectivity index (χ1) is 5.00. The fraction of sp³-hybridized carbons (Fsp3) is 0.667. The predicted molar refractivity (Wildman–Crippen MR) is 42.7 cm³/mol. The number of hydrogen-bond donors (Lipinski definition) is 2. The molecule has 1 heterocycles. The molecule has 1 aliphatic rings. The van der Waals surface area contributed by atoms with Crippen LogP contribution in [-0.4, -0.2) is 38.9 Å². The first kappa shape index (κ1) is 7.05. The third-order valence-corrected chi connectivity index (χ3v) is 1.14. The van der Waals surface area contributed by atoms with E-state index < -0.39 is 0 Å². The molecule has 4 heteroatoms. The van der Waals surface area contributed by atoms with Crippen LogP contribution >= 0.6 is 0 Å². The van der Waals surface area contributed by atoms with Gasteiger partial charge in [-0.05, 0) is 0 Å². The molecular formula is C6H12N4. The average molecular weight is 140 g/mol. The second kappa shape index (κ2) is 4.78. The van der Waals surface area contributed by atoms with E-state index in [9.17, 15) is 0 Å². The maximum atomic E-state index is 4.07. The molecule has 10 heavy (non-hydrogen) atoms. The van der Waals surface area contributed by atoms with Crippen molar-refractivity contribution in [3.8, 4) is 0 Å². The predicted octanol–water partition coefficient (Wildman–Crippen LogP) is -0.764. The smallest absolute Gasteiger partial charge is 0.0825 e. The lowest BCUT2D eigenvalue weighted by Gasteiger charge is -2.00. The minimum Gasteiger partial charge on any atom is -0.375 e. The Morgan fingerprint density at radius 3 is 1.90 bits per heavy atom. The lowest BCUT2D eigenvalue weighted by molar-refractivity contribution is 0.834. The zero-order chi connectivity index (χ0) is 7.07. The maximum absolute atomic E-state index is 4.07. The van der Waals surface area contributed by atoms with Gasteiger partial charge in [-0.2, -0.15) is 0 Å². The van der Waals surface area contributed by atoms with Gasteiger partial charge in [0.1, 0.15) is 0 Å². The molecule has 0 radical (unpaired) electrons. The van der Waals surface area contributed by atoms with Gasteiger partial charge in [-0.1, -0.05) is 0 Å². The van der Waals surface area contributed by atoms with Gasteiger partial charge < -0.3 is 10.6 Å². The zero-order valence-electron chi connectivity index (χ0n) is 5.88. The van der Waals surface area contributed by atoms with Crippen LogP contribution in [-0.2, 0) is 0 Å². The number of hydrogen-bond acceptors (Lipinski definition) is 4. The molecule has 0 bridgehead atoms. The van der Waals surface area contributed by atoms with Gasteiger partial charge in [0.2, 0.25) is 0 Å². The summed E-state index contributed by atoms with van der Waals surface area (Å²) >= 11 is 0. The maximum Gasteiger partial charge on any atom is 0.0825 e. The van der Waals surface area contributed by atoms with Crippen LogP contribution in [0.4, 0.5) is 0 Å². The normalized spacial score (nSPS) is 19.2. The van der Waals surface area contributed by atoms with Crippen molar-refractivity contribution in [2.45, 2.75) is 0 Å². The Morgan fingerprint density at radius 2 is 1.40 bits per heavy atom. The summed E-state index contributed by atoms with van der Waals surface area (Å²) < 4.78 is 0. The van der Waals surface area contributed by atoms with Crippen molar-refractivity contribution >= 4 is 12.7 Å². The van der Waals surface area contributed by atoms with Crippen molar-refractivity contribution in [3.63, 3.8) is 0 Å². The van der Waals surface area contributed by atoms with Crippen molar-refractivity contribution in [1.29, 1.82) is 0 Å². The molecule has 0 aromatic heterocycles. The fourth-order valence-electron chi connectivity index (χ4n) is 0.645. The molecule has 0 fully saturated rings. The van der Waals surface area contributed by atoms with Crippen LogP contribution < -0.4 is 10.6 Å². The second-order valence-corrected chi connectivity index (χ2v) is 1.98.